The van der Waals surface area contributed by atoms with Crippen molar-refractivity contribution < 1.29 is 37.3 Å². The number of carbonyl (C=O) groups is 2. The van der Waals surface area contributed by atoms with Crippen molar-refractivity contribution >= 4 is 23.5 Å². The summed E-state index contributed by atoms with van der Waals surface area (Å²) in [6.45, 7) is -3.19. The van der Waals surface area contributed by atoms with Gasteiger partial charge in [-0.05, 0) is 60.2 Å². The number of nitrogens with one attached hydrogen (secondary N) is 1. The lowest BCUT2D eigenvalue weighted by molar-refractivity contribution is -0.118. The minimum atomic E-state index is -2.93. The number of rotatable bonds is 11. The topological polar surface area (TPSA) is 83.1 Å². The van der Waals surface area contributed by atoms with E-state index in [1.165, 1.54) is 44.6 Å². The van der Waals surface area contributed by atoms with Gasteiger partial charge in [0.2, 0.25) is 0 Å². The van der Waals surface area contributed by atoms with Gasteiger partial charge in [0.05, 0.1) is 19.9 Å². The van der Waals surface area contributed by atoms with Crippen LogP contribution < -0.4 is 24.3 Å². The Morgan fingerprint density at radius 1 is 0.914 bits per heavy atom. The highest BCUT2D eigenvalue weighted by Gasteiger charge is 2.11. The molecule has 9 heteroatoms. The van der Waals surface area contributed by atoms with Gasteiger partial charge in [0.25, 0.3) is 5.91 Å². The van der Waals surface area contributed by atoms with Crippen LogP contribution in [-0.2, 0) is 4.79 Å². The van der Waals surface area contributed by atoms with Gasteiger partial charge >= 0.3 is 6.61 Å². The molecule has 1 N–H and O–H groups in total. The van der Waals surface area contributed by atoms with Gasteiger partial charge in [0.15, 0.2) is 23.9 Å². The number of ether oxygens (including phenoxy) is 4. The van der Waals surface area contributed by atoms with Crippen LogP contribution in [0.3, 0.4) is 0 Å². The molecular formula is C26H23F2NO6. The Bertz CT molecular complexity index is 1190. The fraction of sp³-hybridized carbons (Fsp3) is 0.154. The summed E-state index contributed by atoms with van der Waals surface area (Å²) < 4.78 is 44.9. The molecule has 0 atom stereocenters. The maximum atomic E-state index is 12.4. The zero-order valence-corrected chi connectivity index (χ0v) is 19.0. The predicted molar refractivity (Wildman–Crippen MR) is 127 cm³/mol. The minimum absolute atomic E-state index is 0.0301. The van der Waals surface area contributed by atoms with Crippen LogP contribution in [0.25, 0.3) is 6.08 Å². The molecule has 0 fully saturated rings. The average molecular weight is 483 g/mol. The fourth-order valence-electron chi connectivity index (χ4n) is 3.05. The number of ketones is 1. The monoisotopic (exact) mass is 483 g/mol. The lowest BCUT2D eigenvalue weighted by atomic mass is 10.1. The number of anilines is 1. The molecule has 1 amide bonds. The summed E-state index contributed by atoms with van der Waals surface area (Å²) in [6.07, 6.45) is 2.92. The molecule has 0 saturated carbocycles. The number of amides is 1. The van der Waals surface area contributed by atoms with E-state index in [2.05, 4.69) is 10.1 Å². The number of halogens is 2. The molecule has 0 aromatic heterocycles. The summed E-state index contributed by atoms with van der Waals surface area (Å²) in [5.74, 6) is 0.523. The zero-order chi connectivity index (χ0) is 25.2. The molecular weight excluding hydrogens is 460 g/mol. The number of hydrogen-bond acceptors (Lipinski definition) is 6. The number of methoxy groups -OCH3 is 2. The third-order valence-electron chi connectivity index (χ3n) is 4.72. The fourth-order valence-corrected chi connectivity index (χ4v) is 3.05. The second kappa shape index (κ2) is 12.2. The molecule has 0 bridgehead atoms. The van der Waals surface area contributed by atoms with Gasteiger partial charge in [0.1, 0.15) is 11.5 Å². The second-order valence-corrected chi connectivity index (χ2v) is 7.05. The van der Waals surface area contributed by atoms with Crippen molar-refractivity contribution in [3.8, 4) is 23.0 Å². The van der Waals surface area contributed by atoms with E-state index < -0.39 is 6.61 Å². The van der Waals surface area contributed by atoms with Crippen molar-refractivity contribution in [2.24, 2.45) is 0 Å². The molecule has 35 heavy (non-hydrogen) atoms. The summed E-state index contributed by atoms with van der Waals surface area (Å²) in [5.41, 5.74) is 1.49. The van der Waals surface area contributed by atoms with Crippen LogP contribution in [0.15, 0.2) is 72.8 Å². The van der Waals surface area contributed by atoms with E-state index in [9.17, 15) is 18.4 Å². The molecule has 0 aliphatic heterocycles. The first kappa shape index (κ1) is 25.2. The Kier molecular flexibility index (Phi) is 8.77. The summed E-state index contributed by atoms with van der Waals surface area (Å²) in [7, 11) is 2.97. The first-order valence-corrected chi connectivity index (χ1v) is 10.4. The molecule has 7 nitrogen and oxygen atoms in total. The Morgan fingerprint density at radius 2 is 1.63 bits per heavy atom. The number of allylic oxidation sites excluding steroid dienone is 1. The van der Waals surface area contributed by atoms with E-state index >= 15 is 0 Å². The highest BCUT2D eigenvalue weighted by molar-refractivity contribution is 6.06. The largest absolute Gasteiger partial charge is 0.495 e. The van der Waals surface area contributed by atoms with Gasteiger partial charge in [-0.1, -0.05) is 24.3 Å². The number of para-hydroxylation sites is 2. The molecule has 0 heterocycles. The third kappa shape index (κ3) is 7.29. The predicted octanol–water partition coefficient (Wildman–Crippen LogP) is 5.22. The molecule has 3 rings (SSSR count). The van der Waals surface area contributed by atoms with Crippen LogP contribution in [0, 0.1) is 0 Å². The van der Waals surface area contributed by atoms with E-state index in [1.54, 1.807) is 48.5 Å². The van der Waals surface area contributed by atoms with Gasteiger partial charge in [-0.3, -0.25) is 9.59 Å². The molecule has 0 aliphatic rings. The summed E-state index contributed by atoms with van der Waals surface area (Å²) in [6, 6.07) is 17.4. The first-order valence-electron chi connectivity index (χ1n) is 10.4. The Morgan fingerprint density at radius 3 is 2.31 bits per heavy atom. The zero-order valence-electron chi connectivity index (χ0n) is 19.0. The van der Waals surface area contributed by atoms with Crippen LogP contribution in [0.1, 0.15) is 15.9 Å². The highest BCUT2D eigenvalue weighted by Crippen LogP contribution is 2.29. The molecule has 0 radical (unpaired) electrons. The molecule has 0 saturated heterocycles. The van der Waals surface area contributed by atoms with Crippen molar-refractivity contribution in [3.05, 3.63) is 83.9 Å². The molecule has 3 aromatic rings. The maximum Gasteiger partial charge on any atom is 0.387 e. The SMILES string of the molecule is COc1ccccc1NC(=O)COc1ccc(/C=C/C(=O)c2ccc(OC(F)F)cc2)cc1OC. The van der Waals surface area contributed by atoms with Crippen LogP contribution in [-0.4, -0.2) is 39.1 Å². The molecule has 3 aromatic carbocycles. The normalized spacial score (nSPS) is 10.8. The standard InChI is InChI=1S/C26H23F2NO6/c1-32-22-6-4-3-5-20(22)29-25(31)16-34-23-14-8-17(15-24(23)33-2)7-13-21(30)18-9-11-19(12-10-18)35-26(27)28/h3-15,26H,16H2,1-2H3,(H,29,31)/b13-7+. The second-order valence-electron chi connectivity index (χ2n) is 7.05. The van der Waals surface area contributed by atoms with Crippen molar-refractivity contribution in [1.82, 2.24) is 0 Å². The van der Waals surface area contributed by atoms with Gasteiger partial charge in [-0.25, -0.2) is 0 Å². The number of carbonyl (C=O) groups excluding carboxylic acids is 2. The Labute approximate surface area is 200 Å². The van der Waals surface area contributed by atoms with E-state index in [1.807, 2.05) is 0 Å². The van der Waals surface area contributed by atoms with Crippen LogP contribution in [0.5, 0.6) is 23.0 Å². The van der Waals surface area contributed by atoms with Gasteiger partial charge in [-0.15, -0.1) is 0 Å². The molecule has 182 valence electrons. The number of hydrogen-bond donors (Lipinski definition) is 1. The van der Waals surface area contributed by atoms with Crippen molar-refractivity contribution in [3.63, 3.8) is 0 Å². The summed E-state index contributed by atoms with van der Waals surface area (Å²) in [5, 5.41) is 2.72. The van der Waals surface area contributed by atoms with Crippen molar-refractivity contribution in [1.29, 1.82) is 0 Å². The van der Waals surface area contributed by atoms with Crippen LogP contribution >= 0.6 is 0 Å². The summed E-state index contributed by atoms with van der Waals surface area (Å²) >= 11 is 0. The van der Waals surface area contributed by atoms with E-state index in [-0.39, 0.29) is 24.0 Å². The molecule has 0 unspecified atom stereocenters. The van der Waals surface area contributed by atoms with Crippen molar-refractivity contribution in [2.45, 2.75) is 6.61 Å². The Balaban J connectivity index is 1.60. The highest BCUT2D eigenvalue weighted by atomic mass is 19.3. The first-order chi connectivity index (χ1) is 16.9. The molecule has 0 spiro atoms. The third-order valence-corrected chi connectivity index (χ3v) is 4.72. The van der Waals surface area contributed by atoms with Crippen LogP contribution in [0.4, 0.5) is 14.5 Å². The van der Waals surface area contributed by atoms with E-state index in [4.69, 9.17) is 14.2 Å². The Hall–Kier alpha value is -4.40. The smallest absolute Gasteiger partial charge is 0.387 e. The number of benzene rings is 3. The van der Waals surface area contributed by atoms with Gasteiger partial charge in [0, 0.05) is 5.56 Å². The van der Waals surface area contributed by atoms with E-state index in [0.717, 1.165) is 0 Å². The number of alkyl halides is 2. The van der Waals surface area contributed by atoms with E-state index in [0.29, 0.717) is 34.1 Å². The lowest BCUT2D eigenvalue weighted by Gasteiger charge is -2.13. The molecule has 0 aliphatic carbocycles. The average Bonchev–Trinajstić information content (AvgIpc) is 2.86. The summed E-state index contributed by atoms with van der Waals surface area (Å²) in [4.78, 5) is 24.6. The van der Waals surface area contributed by atoms with Gasteiger partial charge in [-0.2, -0.15) is 8.78 Å². The minimum Gasteiger partial charge on any atom is -0.495 e. The van der Waals surface area contributed by atoms with Gasteiger partial charge < -0.3 is 24.3 Å². The van der Waals surface area contributed by atoms with Crippen LogP contribution in [0.2, 0.25) is 0 Å². The maximum absolute atomic E-state index is 12.4. The van der Waals surface area contributed by atoms with Crippen molar-refractivity contribution in [2.75, 3.05) is 26.1 Å². The quantitative estimate of drug-likeness (QED) is 0.298. The lowest BCUT2D eigenvalue weighted by Crippen LogP contribution is -2.20.